The van der Waals surface area contributed by atoms with Crippen LogP contribution in [-0.4, -0.2) is 30.3 Å². The largest absolute Gasteiger partial charge is 0.505 e. The average molecular weight is 216 g/mol. The number of aromatic carboxylic acids is 1. The molecule has 0 amide bonds. The Bertz CT molecular complexity index is 377. The van der Waals surface area contributed by atoms with Crippen molar-refractivity contribution in [3.63, 3.8) is 0 Å². The molecule has 1 aromatic carbocycles. The summed E-state index contributed by atoms with van der Waals surface area (Å²) in [7, 11) is 3.38. The number of carboxylic acid groups (broad SMARTS) is 1. The summed E-state index contributed by atoms with van der Waals surface area (Å²) in [4.78, 5) is 12.3. The molecule has 0 aromatic heterocycles. The highest BCUT2D eigenvalue weighted by Gasteiger charge is 2.15. The fourth-order valence-electron chi connectivity index (χ4n) is 1.09. The van der Waals surface area contributed by atoms with Crippen LogP contribution in [0.5, 0.6) is 5.75 Å². The van der Waals surface area contributed by atoms with Crippen molar-refractivity contribution in [1.29, 1.82) is 0 Å². The van der Waals surface area contributed by atoms with Crippen molar-refractivity contribution >= 4 is 23.3 Å². The van der Waals surface area contributed by atoms with Gasteiger partial charge < -0.3 is 15.1 Å². The Morgan fingerprint density at radius 2 is 2.00 bits per heavy atom. The van der Waals surface area contributed by atoms with Gasteiger partial charge in [0.1, 0.15) is 5.56 Å². The number of rotatable bonds is 2. The predicted octanol–water partition coefficient (Wildman–Crippen LogP) is 1.81. The van der Waals surface area contributed by atoms with E-state index in [-0.39, 0.29) is 16.3 Å². The minimum atomic E-state index is -1.20. The molecule has 0 fully saturated rings. The Kier molecular flexibility index (Phi) is 2.86. The molecule has 0 bridgehead atoms. The number of nitrogens with zero attached hydrogens (tertiary/aromatic N) is 1. The lowest BCUT2D eigenvalue weighted by Crippen LogP contribution is -2.10. The number of hydrogen-bond acceptors (Lipinski definition) is 3. The zero-order valence-corrected chi connectivity index (χ0v) is 8.54. The zero-order valence-electron chi connectivity index (χ0n) is 7.78. The second-order valence-electron chi connectivity index (χ2n) is 3.02. The van der Waals surface area contributed by atoms with Gasteiger partial charge in [0, 0.05) is 19.1 Å². The van der Waals surface area contributed by atoms with Crippen LogP contribution < -0.4 is 4.90 Å². The third kappa shape index (κ3) is 1.90. The van der Waals surface area contributed by atoms with Crippen molar-refractivity contribution in [3.05, 3.63) is 22.7 Å². The van der Waals surface area contributed by atoms with Gasteiger partial charge in [-0.05, 0) is 12.1 Å². The minimum Gasteiger partial charge on any atom is -0.505 e. The van der Waals surface area contributed by atoms with Gasteiger partial charge in [-0.25, -0.2) is 4.79 Å². The van der Waals surface area contributed by atoms with Crippen LogP contribution in [0.25, 0.3) is 0 Å². The molecule has 4 nitrogen and oxygen atoms in total. The summed E-state index contributed by atoms with van der Waals surface area (Å²) in [5.41, 5.74) is 0.191. The molecule has 2 N–H and O–H groups in total. The van der Waals surface area contributed by atoms with Crippen molar-refractivity contribution in [3.8, 4) is 5.75 Å². The van der Waals surface area contributed by atoms with Gasteiger partial charge in [0.25, 0.3) is 0 Å². The van der Waals surface area contributed by atoms with E-state index in [1.807, 2.05) is 0 Å². The lowest BCUT2D eigenvalue weighted by atomic mass is 10.1. The monoisotopic (exact) mass is 215 g/mol. The van der Waals surface area contributed by atoms with Gasteiger partial charge >= 0.3 is 5.97 Å². The van der Waals surface area contributed by atoms with E-state index in [2.05, 4.69) is 0 Å². The molecule has 0 saturated carbocycles. The van der Waals surface area contributed by atoms with Gasteiger partial charge in [0.2, 0.25) is 0 Å². The Hall–Kier alpha value is -1.42. The fraction of sp³-hybridized carbons (Fsp3) is 0.222. The van der Waals surface area contributed by atoms with Crippen molar-refractivity contribution < 1.29 is 15.0 Å². The Morgan fingerprint density at radius 3 is 2.43 bits per heavy atom. The fourth-order valence-corrected chi connectivity index (χ4v) is 1.30. The lowest BCUT2D eigenvalue weighted by molar-refractivity contribution is 0.0694. The van der Waals surface area contributed by atoms with E-state index >= 15 is 0 Å². The normalized spacial score (nSPS) is 9.93. The van der Waals surface area contributed by atoms with Crippen LogP contribution in [0, 0.1) is 0 Å². The standard InChI is InChI=1S/C9H10ClNO3/c1-11(2)7-4-5(10)3-6(8(7)12)9(13)14/h3-4,12H,1-2H3,(H,13,14). The van der Waals surface area contributed by atoms with E-state index in [0.29, 0.717) is 5.69 Å². The van der Waals surface area contributed by atoms with Crippen molar-refractivity contribution in [1.82, 2.24) is 0 Å². The smallest absolute Gasteiger partial charge is 0.339 e. The van der Waals surface area contributed by atoms with Crippen LogP contribution >= 0.6 is 11.6 Å². The summed E-state index contributed by atoms with van der Waals surface area (Å²) in [6, 6.07) is 2.72. The van der Waals surface area contributed by atoms with Crippen molar-refractivity contribution in [2.75, 3.05) is 19.0 Å². The molecule has 0 aliphatic rings. The molecule has 5 heteroatoms. The first-order valence-electron chi connectivity index (χ1n) is 3.86. The molecular weight excluding hydrogens is 206 g/mol. The van der Waals surface area contributed by atoms with Crippen LogP contribution in [0.4, 0.5) is 5.69 Å². The molecule has 0 aliphatic carbocycles. The molecule has 0 aliphatic heterocycles. The van der Waals surface area contributed by atoms with Gasteiger partial charge in [-0.2, -0.15) is 0 Å². The van der Waals surface area contributed by atoms with E-state index in [1.54, 1.807) is 19.0 Å². The van der Waals surface area contributed by atoms with Crippen molar-refractivity contribution in [2.45, 2.75) is 0 Å². The number of carbonyl (C=O) groups is 1. The maximum absolute atomic E-state index is 10.7. The Balaban J connectivity index is 3.40. The minimum absolute atomic E-state index is 0.193. The molecule has 0 saturated heterocycles. The summed E-state index contributed by atoms with van der Waals surface area (Å²) in [5, 5.41) is 18.6. The molecule has 76 valence electrons. The average Bonchev–Trinajstić information content (AvgIpc) is 2.07. The number of aromatic hydroxyl groups is 1. The first kappa shape index (κ1) is 10.7. The number of anilines is 1. The summed E-state index contributed by atoms with van der Waals surface area (Å²) in [6.45, 7) is 0. The van der Waals surface area contributed by atoms with E-state index in [1.165, 1.54) is 12.1 Å². The summed E-state index contributed by atoms with van der Waals surface area (Å²) in [6.07, 6.45) is 0. The van der Waals surface area contributed by atoms with Crippen LogP contribution in [0.3, 0.4) is 0 Å². The number of phenols is 1. The van der Waals surface area contributed by atoms with Gasteiger partial charge in [0.05, 0.1) is 5.69 Å². The van der Waals surface area contributed by atoms with Gasteiger partial charge in [-0.15, -0.1) is 0 Å². The molecule has 1 rings (SSSR count). The number of halogens is 1. The summed E-state index contributed by atoms with van der Waals surface area (Å²) < 4.78 is 0. The van der Waals surface area contributed by atoms with Crippen LogP contribution in [0.15, 0.2) is 12.1 Å². The molecular formula is C9H10ClNO3. The van der Waals surface area contributed by atoms with E-state index < -0.39 is 5.97 Å². The van der Waals surface area contributed by atoms with E-state index in [0.717, 1.165) is 0 Å². The topological polar surface area (TPSA) is 60.8 Å². The van der Waals surface area contributed by atoms with Crippen LogP contribution in [0.2, 0.25) is 5.02 Å². The molecule has 0 unspecified atom stereocenters. The van der Waals surface area contributed by atoms with Gasteiger partial charge in [-0.3, -0.25) is 0 Å². The first-order chi connectivity index (χ1) is 6.43. The van der Waals surface area contributed by atoms with Crippen molar-refractivity contribution in [2.24, 2.45) is 0 Å². The SMILES string of the molecule is CN(C)c1cc(Cl)cc(C(=O)O)c1O. The summed E-state index contributed by atoms with van der Waals surface area (Å²) in [5.74, 6) is -1.47. The molecule has 14 heavy (non-hydrogen) atoms. The molecule has 0 spiro atoms. The second kappa shape index (κ2) is 3.75. The molecule has 0 radical (unpaired) electrons. The maximum Gasteiger partial charge on any atom is 0.339 e. The number of carboxylic acids is 1. The molecule has 0 atom stereocenters. The van der Waals surface area contributed by atoms with Gasteiger partial charge in [0.15, 0.2) is 5.75 Å². The molecule has 0 heterocycles. The quantitative estimate of drug-likeness (QED) is 0.790. The predicted molar refractivity (Wildman–Crippen MR) is 54.4 cm³/mol. The highest BCUT2D eigenvalue weighted by Crippen LogP contribution is 2.33. The first-order valence-corrected chi connectivity index (χ1v) is 4.24. The lowest BCUT2D eigenvalue weighted by Gasteiger charge is -2.15. The third-order valence-electron chi connectivity index (χ3n) is 1.77. The number of hydrogen-bond donors (Lipinski definition) is 2. The van der Waals surface area contributed by atoms with E-state index in [9.17, 15) is 9.90 Å². The van der Waals surface area contributed by atoms with Gasteiger partial charge in [-0.1, -0.05) is 11.6 Å². The molecule has 1 aromatic rings. The Labute approximate surface area is 86.3 Å². The number of benzene rings is 1. The zero-order chi connectivity index (χ0) is 10.9. The highest BCUT2D eigenvalue weighted by molar-refractivity contribution is 6.31. The summed E-state index contributed by atoms with van der Waals surface area (Å²) >= 11 is 5.71. The Morgan fingerprint density at radius 1 is 1.43 bits per heavy atom. The van der Waals surface area contributed by atoms with Crippen LogP contribution in [-0.2, 0) is 0 Å². The van der Waals surface area contributed by atoms with E-state index in [4.69, 9.17) is 16.7 Å². The third-order valence-corrected chi connectivity index (χ3v) is 1.99. The van der Waals surface area contributed by atoms with Crippen LogP contribution in [0.1, 0.15) is 10.4 Å². The maximum atomic E-state index is 10.7. The second-order valence-corrected chi connectivity index (χ2v) is 3.46. The highest BCUT2D eigenvalue weighted by atomic mass is 35.5.